The highest BCUT2D eigenvalue weighted by atomic mass is 32.2. The van der Waals surface area contributed by atoms with Gasteiger partial charge in [-0.3, -0.25) is 9.78 Å². The van der Waals surface area contributed by atoms with Crippen molar-refractivity contribution in [3.63, 3.8) is 0 Å². The molecule has 1 aliphatic rings. The van der Waals surface area contributed by atoms with Gasteiger partial charge in [-0.05, 0) is 48.0 Å². The summed E-state index contributed by atoms with van der Waals surface area (Å²) >= 11 is 1.63. The summed E-state index contributed by atoms with van der Waals surface area (Å²) in [6, 6.07) is 27.1. The first-order chi connectivity index (χ1) is 16.2. The standard InChI is InChI=1S/C27H18N4OS/c28-15-18-7-9-20(10-8-18)26-22-5-1-2-6-24(22)33-25-12-11-21(14-23(25)31-26)27(32)30-17-19-4-3-13-29-16-19/h1-14,16H,17H2,(H,30,32). The molecule has 0 atom stereocenters. The molecule has 33 heavy (non-hydrogen) atoms. The molecule has 1 N–H and O–H groups in total. The van der Waals surface area contributed by atoms with E-state index in [0.717, 1.165) is 37.9 Å². The van der Waals surface area contributed by atoms with Crippen LogP contribution in [0.5, 0.6) is 0 Å². The van der Waals surface area contributed by atoms with Gasteiger partial charge in [-0.2, -0.15) is 5.26 Å². The maximum atomic E-state index is 12.8. The van der Waals surface area contributed by atoms with Gasteiger partial charge in [0.15, 0.2) is 0 Å². The summed E-state index contributed by atoms with van der Waals surface area (Å²) < 4.78 is 0. The molecule has 3 aromatic carbocycles. The van der Waals surface area contributed by atoms with E-state index in [1.165, 1.54) is 0 Å². The van der Waals surface area contributed by atoms with Crippen LogP contribution in [0.1, 0.15) is 32.6 Å². The van der Waals surface area contributed by atoms with Gasteiger partial charge in [-0.15, -0.1) is 0 Å². The third-order valence-electron chi connectivity index (χ3n) is 5.28. The smallest absolute Gasteiger partial charge is 0.251 e. The van der Waals surface area contributed by atoms with Crippen molar-refractivity contribution < 1.29 is 4.79 Å². The number of hydrogen-bond acceptors (Lipinski definition) is 5. The van der Waals surface area contributed by atoms with E-state index in [0.29, 0.717) is 17.7 Å². The van der Waals surface area contributed by atoms with Crippen molar-refractivity contribution in [2.75, 3.05) is 0 Å². The Kier molecular flexibility index (Phi) is 5.71. The number of carbonyl (C=O) groups is 1. The average molecular weight is 447 g/mol. The van der Waals surface area contributed by atoms with E-state index >= 15 is 0 Å². The largest absolute Gasteiger partial charge is 0.348 e. The van der Waals surface area contributed by atoms with Crippen molar-refractivity contribution >= 4 is 29.1 Å². The number of nitriles is 1. The summed E-state index contributed by atoms with van der Waals surface area (Å²) in [7, 11) is 0. The molecular weight excluding hydrogens is 428 g/mol. The van der Waals surface area contributed by atoms with Gasteiger partial charge in [0.25, 0.3) is 5.91 Å². The van der Waals surface area contributed by atoms with Crippen LogP contribution in [0.15, 0.2) is 106 Å². The Labute approximate surface area is 195 Å². The van der Waals surface area contributed by atoms with E-state index in [1.807, 2.05) is 60.7 Å². The third kappa shape index (κ3) is 4.40. The number of hydrogen-bond donors (Lipinski definition) is 1. The summed E-state index contributed by atoms with van der Waals surface area (Å²) in [5.41, 5.74) is 5.58. The molecule has 158 valence electrons. The lowest BCUT2D eigenvalue weighted by Crippen LogP contribution is -2.22. The molecule has 2 heterocycles. The zero-order valence-electron chi connectivity index (χ0n) is 17.5. The molecule has 0 aliphatic carbocycles. The molecule has 0 fully saturated rings. The van der Waals surface area contributed by atoms with Crippen molar-refractivity contribution in [2.45, 2.75) is 16.3 Å². The maximum Gasteiger partial charge on any atom is 0.251 e. The Morgan fingerprint density at radius 2 is 1.82 bits per heavy atom. The molecule has 4 aromatic rings. The summed E-state index contributed by atoms with van der Waals surface area (Å²) in [5.74, 6) is -0.163. The first kappa shape index (κ1) is 20.7. The second kappa shape index (κ2) is 9.11. The van der Waals surface area contributed by atoms with E-state index < -0.39 is 0 Å². The quantitative estimate of drug-likeness (QED) is 0.394. The first-order valence-corrected chi connectivity index (χ1v) is 11.2. The average Bonchev–Trinajstić information content (AvgIpc) is 3.04. The van der Waals surface area contributed by atoms with Crippen LogP contribution < -0.4 is 5.32 Å². The minimum Gasteiger partial charge on any atom is -0.348 e. The van der Waals surface area contributed by atoms with E-state index in [2.05, 4.69) is 22.4 Å². The molecule has 0 bridgehead atoms. The number of nitrogens with one attached hydrogen (secondary N) is 1. The van der Waals surface area contributed by atoms with Gasteiger partial charge >= 0.3 is 0 Å². The zero-order chi connectivity index (χ0) is 22.6. The van der Waals surface area contributed by atoms with Crippen LogP contribution in [0, 0.1) is 11.3 Å². The number of aliphatic imine (C=N–C) groups is 1. The van der Waals surface area contributed by atoms with E-state index in [9.17, 15) is 4.79 Å². The van der Waals surface area contributed by atoms with Gasteiger partial charge in [0, 0.05) is 45.4 Å². The number of benzene rings is 3. The fraction of sp³-hybridized carbons (Fsp3) is 0.0370. The molecule has 6 heteroatoms. The van der Waals surface area contributed by atoms with E-state index in [-0.39, 0.29) is 5.91 Å². The van der Waals surface area contributed by atoms with Crippen LogP contribution in [0.4, 0.5) is 5.69 Å². The van der Waals surface area contributed by atoms with Crippen molar-refractivity contribution in [2.24, 2.45) is 4.99 Å². The molecule has 5 nitrogen and oxygen atoms in total. The maximum absolute atomic E-state index is 12.8. The van der Waals surface area contributed by atoms with Crippen molar-refractivity contribution in [1.82, 2.24) is 10.3 Å². The SMILES string of the molecule is N#Cc1ccc(C2=Nc3cc(C(=O)NCc4cccnc4)ccc3Sc3ccccc32)cc1. The number of rotatable bonds is 4. The van der Waals surface area contributed by atoms with Crippen LogP contribution in [-0.2, 0) is 6.54 Å². The molecule has 0 radical (unpaired) electrons. The molecular formula is C27H18N4OS. The number of aromatic nitrogens is 1. The first-order valence-electron chi connectivity index (χ1n) is 10.4. The van der Waals surface area contributed by atoms with Gasteiger partial charge < -0.3 is 5.32 Å². The van der Waals surface area contributed by atoms with Gasteiger partial charge in [-0.1, -0.05) is 48.2 Å². The lowest BCUT2D eigenvalue weighted by molar-refractivity contribution is 0.0951. The molecule has 0 saturated carbocycles. The van der Waals surface area contributed by atoms with Crippen LogP contribution in [-0.4, -0.2) is 16.6 Å². The summed E-state index contributed by atoms with van der Waals surface area (Å²) in [5, 5.41) is 12.1. The highest BCUT2D eigenvalue weighted by molar-refractivity contribution is 7.99. The predicted octanol–water partition coefficient (Wildman–Crippen LogP) is 5.52. The Morgan fingerprint density at radius 3 is 2.61 bits per heavy atom. The van der Waals surface area contributed by atoms with Crippen LogP contribution >= 0.6 is 11.8 Å². The fourth-order valence-electron chi connectivity index (χ4n) is 3.59. The van der Waals surface area contributed by atoms with Crippen LogP contribution in [0.3, 0.4) is 0 Å². The minimum absolute atomic E-state index is 0.163. The topological polar surface area (TPSA) is 78.1 Å². The fourth-order valence-corrected chi connectivity index (χ4v) is 4.60. The lowest BCUT2D eigenvalue weighted by Gasteiger charge is -2.09. The van der Waals surface area contributed by atoms with Gasteiger partial charge in [0.1, 0.15) is 0 Å². The highest BCUT2D eigenvalue weighted by Crippen LogP contribution is 2.41. The second-order valence-electron chi connectivity index (χ2n) is 7.47. The number of fused-ring (bicyclic) bond motifs is 2. The third-order valence-corrected chi connectivity index (χ3v) is 6.42. The molecule has 0 unspecified atom stereocenters. The van der Waals surface area contributed by atoms with Gasteiger partial charge in [-0.25, -0.2) is 4.99 Å². The van der Waals surface area contributed by atoms with Crippen LogP contribution in [0.2, 0.25) is 0 Å². The van der Waals surface area contributed by atoms with Crippen molar-refractivity contribution in [1.29, 1.82) is 5.26 Å². The Morgan fingerprint density at radius 1 is 0.970 bits per heavy atom. The van der Waals surface area contributed by atoms with E-state index in [1.54, 1.807) is 36.3 Å². The summed E-state index contributed by atoms with van der Waals surface area (Å²) in [6.07, 6.45) is 3.44. The number of pyridine rings is 1. The molecule has 1 aliphatic heterocycles. The Hall–Kier alpha value is -4.21. The zero-order valence-corrected chi connectivity index (χ0v) is 18.3. The minimum atomic E-state index is -0.163. The monoisotopic (exact) mass is 446 g/mol. The molecule has 1 amide bonds. The molecule has 5 rings (SSSR count). The predicted molar refractivity (Wildman–Crippen MR) is 129 cm³/mol. The Bertz CT molecular complexity index is 1410. The highest BCUT2D eigenvalue weighted by Gasteiger charge is 2.20. The normalized spacial score (nSPS) is 11.9. The molecule has 0 saturated heterocycles. The van der Waals surface area contributed by atoms with Crippen molar-refractivity contribution in [3.05, 3.63) is 119 Å². The van der Waals surface area contributed by atoms with E-state index in [4.69, 9.17) is 10.3 Å². The number of nitrogens with zero attached hydrogens (tertiary/aromatic N) is 3. The van der Waals surface area contributed by atoms with Crippen LogP contribution in [0.25, 0.3) is 0 Å². The molecule has 0 spiro atoms. The Balaban J connectivity index is 1.52. The number of carbonyl (C=O) groups excluding carboxylic acids is 1. The second-order valence-corrected chi connectivity index (χ2v) is 8.56. The lowest BCUT2D eigenvalue weighted by atomic mass is 10.0. The molecule has 1 aromatic heterocycles. The van der Waals surface area contributed by atoms with Crippen molar-refractivity contribution in [3.8, 4) is 6.07 Å². The number of amides is 1. The summed E-state index contributed by atoms with van der Waals surface area (Å²) in [6.45, 7) is 0.406. The summed E-state index contributed by atoms with van der Waals surface area (Å²) in [4.78, 5) is 24.0. The van der Waals surface area contributed by atoms with Gasteiger partial charge in [0.05, 0.1) is 23.0 Å². The van der Waals surface area contributed by atoms with Gasteiger partial charge in [0.2, 0.25) is 0 Å².